The van der Waals surface area contributed by atoms with E-state index in [0.29, 0.717) is 19.3 Å². The number of rotatable bonds is 5. The van der Waals surface area contributed by atoms with Crippen LogP contribution in [0.15, 0.2) is 23.5 Å². The number of allylic oxidation sites excluding steroid dienone is 2. The van der Waals surface area contributed by atoms with E-state index < -0.39 is 40.2 Å². The molecule has 0 bridgehead atoms. The van der Waals surface area contributed by atoms with Crippen LogP contribution in [-0.4, -0.2) is 54.7 Å². The average Bonchev–Trinajstić information content (AvgIpc) is 2.99. The van der Waals surface area contributed by atoms with Gasteiger partial charge in [-0.1, -0.05) is 20.8 Å². The van der Waals surface area contributed by atoms with E-state index in [1.54, 1.807) is 26.0 Å². The molecule has 0 aromatic heterocycles. The summed E-state index contributed by atoms with van der Waals surface area (Å²) in [6.45, 7) is 9.63. The second-order valence-corrected chi connectivity index (χ2v) is 12.5. The molecule has 186 valence electrons. The second-order valence-electron chi connectivity index (χ2n) is 12.5. The third kappa shape index (κ3) is 3.72. The summed E-state index contributed by atoms with van der Waals surface area (Å²) in [7, 11) is 0. The van der Waals surface area contributed by atoms with E-state index in [1.165, 1.54) is 0 Å². The van der Waals surface area contributed by atoms with Crippen molar-refractivity contribution in [1.29, 1.82) is 0 Å². The van der Waals surface area contributed by atoms with Gasteiger partial charge in [0.25, 0.3) is 0 Å². The predicted octanol–water partition coefficient (Wildman–Crippen LogP) is 3.43. The Morgan fingerprint density at radius 2 is 1.85 bits per heavy atom. The molecule has 4 aliphatic rings. The van der Waals surface area contributed by atoms with Crippen LogP contribution in [0.1, 0.15) is 79.6 Å². The van der Waals surface area contributed by atoms with Gasteiger partial charge in [0.2, 0.25) is 0 Å². The van der Waals surface area contributed by atoms with E-state index in [-0.39, 0.29) is 35.7 Å². The number of fused-ring (bicyclic) bond motifs is 5. The third-order valence-electron chi connectivity index (χ3n) is 10.1. The summed E-state index contributed by atoms with van der Waals surface area (Å²) in [5.41, 5.74) is -2.27. The zero-order valence-corrected chi connectivity index (χ0v) is 20.7. The SMILES string of the molecule is CC([C@H](O)CCC(C)(C)O)[C@H]1CC[C@@]2(O)C3=CC(=O)[C@@H]4C[C@@H](O)C(O)=C[C@]4(C)C3CC[C@]12C. The van der Waals surface area contributed by atoms with Crippen molar-refractivity contribution in [3.8, 4) is 0 Å². The van der Waals surface area contributed by atoms with Crippen molar-refractivity contribution in [3.05, 3.63) is 23.5 Å². The fourth-order valence-electron chi connectivity index (χ4n) is 7.90. The molecule has 0 aliphatic heterocycles. The molecule has 0 radical (unpaired) electrons. The van der Waals surface area contributed by atoms with Gasteiger partial charge < -0.3 is 25.5 Å². The van der Waals surface area contributed by atoms with Crippen LogP contribution in [-0.2, 0) is 4.79 Å². The molecule has 0 aromatic carbocycles. The van der Waals surface area contributed by atoms with Gasteiger partial charge in [0, 0.05) is 16.7 Å². The molecule has 9 atom stereocenters. The summed E-state index contributed by atoms with van der Waals surface area (Å²) in [6, 6.07) is 0. The number of ketones is 1. The molecule has 6 nitrogen and oxygen atoms in total. The average molecular weight is 463 g/mol. The van der Waals surface area contributed by atoms with E-state index in [2.05, 4.69) is 6.92 Å². The fourth-order valence-corrected chi connectivity index (χ4v) is 7.90. The van der Waals surface area contributed by atoms with Crippen LogP contribution in [0.4, 0.5) is 0 Å². The summed E-state index contributed by atoms with van der Waals surface area (Å²) in [4.78, 5) is 13.2. The summed E-state index contributed by atoms with van der Waals surface area (Å²) in [6.07, 6.45) is 5.83. The zero-order chi connectivity index (χ0) is 24.6. The maximum absolute atomic E-state index is 13.2. The molecular weight excluding hydrogens is 420 g/mol. The summed E-state index contributed by atoms with van der Waals surface area (Å²) >= 11 is 0. The van der Waals surface area contributed by atoms with E-state index in [4.69, 9.17) is 0 Å². The van der Waals surface area contributed by atoms with Crippen molar-refractivity contribution in [2.24, 2.45) is 34.5 Å². The first-order valence-electron chi connectivity index (χ1n) is 12.6. The first kappa shape index (κ1) is 24.9. The van der Waals surface area contributed by atoms with Gasteiger partial charge in [0.15, 0.2) is 5.78 Å². The van der Waals surface area contributed by atoms with Crippen molar-refractivity contribution < 1.29 is 30.3 Å². The van der Waals surface area contributed by atoms with Crippen LogP contribution in [0.25, 0.3) is 0 Å². The molecule has 4 rings (SSSR count). The molecular formula is C27H42O6. The van der Waals surface area contributed by atoms with Gasteiger partial charge in [-0.25, -0.2) is 0 Å². The Kier molecular flexibility index (Phi) is 5.97. The molecule has 2 fully saturated rings. The van der Waals surface area contributed by atoms with Crippen LogP contribution in [0.2, 0.25) is 0 Å². The third-order valence-corrected chi connectivity index (χ3v) is 10.1. The summed E-state index contributed by atoms with van der Waals surface area (Å²) in [5, 5.41) is 53.7. The van der Waals surface area contributed by atoms with Gasteiger partial charge in [-0.05, 0) is 94.3 Å². The summed E-state index contributed by atoms with van der Waals surface area (Å²) in [5.74, 6) is -0.562. The molecule has 4 aliphatic carbocycles. The molecule has 0 aromatic rings. The van der Waals surface area contributed by atoms with Gasteiger partial charge >= 0.3 is 0 Å². The van der Waals surface area contributed by atoms with Crippen molar-refractivity contribution in [1.82, 2.24) is 0 Å². The number of hydrogen-bond acceptors (Lipinski definition) is 6. The first-order valence-corrected chi connectivity index (χ1v) is 12.6. The van der Waals surface area contributed by atoms with Crippen molar-refractivity contribution in [3.63, 3.8) is 0 Å². The zero-order valence-electron chi connectivity index (χ0n) is 20.7. The number of carbonyl (C=O) groups excluding carboxylic acids is 1. The highest BCUT2D eigenvalue weighted by atomic mass is 16.3. The second kappa shape index (κ2) is 7.91. The van der Waals surface area contributed by atoms with Crippen LogP contribution in [0, 0.1) is 34.5 Å². The number of hydrogen-bond donors (Lipinski definition) is 5. The van der Waals surface area contributed by atoms with Gasteiger partial charge in [-0.2, -0.15) is 0 Å². The highest BCUT2D eigenvalue weighted by Gasteiger charge is 2.66. The molecule has 0 heterocycles. The van der Waals surface area contributed by atoms with E-state index in [0.717, 1.165) is 24.8 Å². The quantitative estimate of drug-likeness (QED) is 0.427. The van der Waals surface area contributed by atoms with E-state index in [9.17, 15) is 30.3 Å². The van der Waals surface area contributed by atoms with E-state index >= 15 is 0 Å². The molecule has 5 N–H and O–H groups in total. The lowest BCUT2D eigenvalue weighted by Gasteiger charge is -2.58. The van der Waals surface area contributed by atoms with Crippen molar-refractivity contribution in [2.45, 2.75) is 103 Å². The maximum atomic E-state index is 13.2. The molecule has 2 unspecified atom stereocenters. The standard InChI is InChI=1S/C27H42O6/c1-15(20(28)8-9-24(2,3)32)16-7-11-27(33)18-12-21(29)19-13-22(30)23(31)14-25(19,4)17(18)6-10-26(16,27)5/h12,14-17,19-20,22,28,30-33H,6-11,13H2,1-5H3/t15?,16-,17?,19+,20-,22-,25-,26-,27-/m1/s1. The molecule has 0 spiro atoms. The fraction of sp³-hybridized carbons (Fsp3) is 0.815. The minimum Gasteiger partial charge on any atom is -0.510 e. The van der Waals surface area contributed by atoms with Crippen LogP contribution >= 0.6 is 0 Å². The van der Waals surface area contributed by atoms with Crippen LogP contribution < -0.4 is 0 Å². The first-order chi connectivity index (χ1) is 15.1. The topological polar surface area (TPSA) is 118 Å². The summed E-state index contributed by atoms with van der Waals surface area (Å²) < 4.78 is 0. The van der Waals surface area contributed by atoms with Gasteiger partial charge in [-0.15, -0.1) is 0 Å². The highest BCUT2D eigenvalue weighted by Crippen LogP contribution is 2.67. The largest absolute Gasteiger partial charge is 0.510 e. The van der Waals surface area contributed by atoms with Crippen LogP contribution in [0.5, 0.6) is 0 Å². The molecule has 0 amide bonds. The molecule has 2 saturated carbocycles. The number of aliphatic hydroxyl groups excluding tert-OH is 3. The van der Waals surface area contributed by atoms with Crippen LogP contribution in [0.3, 0.4) is 0 Å². The Morgan fingerprint density at radius 1 is 1.18 bits per heavy atom. The normalized spacial score (nSPS) is 44.8. The molecule has 6 heteroatoms. The highest BCUT2D eigenvalue weighted by molar-refractivity contribution is 5.95. The Hall–Kier alpha value is -1.21. The smallest absolute Gasteiger partial charge is 0.159 e. The minimum absolute atomic E-state index is 0.0417. The lowest BCUT2D eigenvalue weighted by atomic mass is 9.47. The lowest BCUT2D eigenvalue weighted by molar-refractivity contribution is -0.134. The maximum Gasteiger partial charge on any atom is 0.159 e. The van der Waals surface area contributed by atoms with E-state index in [1.807, 2.05) is 13.8 Å². The Balaban J connectivity index is 1.64. The predicted molar refractivity (Wildman–Crippen MR) is 125 cm³/mol. The Morgan fingerprint density at radius 3 is 2.48 bits per heavy atom. The van der Waals surface area contributed by atoms with Crippen molar-refractivity contribution >= 4 is 5.78 Å². The van der Waals surface area contributed by atoms with Gasteiger partial charge in [-0.3, -0.25) is 4.79 Å². The van der Waals surface area contributed by atoms with Gasteiger partial charge in [0.05, 0.1) is 17.3 Å². The number of aliphatic hydroxyl groups is 5. The lowest BCUT2D eigenvalue weighted by Crippen LogP contribution is -2.59. The number of carbonyl (C=O) groups is 1. The van der Waals surface area contributed by atoms with Crippen molar-refractivity contribution in [2.75, 3.05) is 0 Å². The monoisotopic (exact) mass is 462 g/mol. The van der Waals surface area contributed by atoms with Gasteiger partial charge in [0.1, 0.15) is 11.9 Å². The minimum atomic E-state index is -1.13. The molecule has 33 heavy (non-hydrogen) atoms. The molecule has 0 saturated heterocycles. The Labute approximate surface area is 197 Å². The Bertz CT molecular complexity index is 870.